The third-order valence-electron chi connectivity index (χ3n) is 4.28. The maximum absolute atomic E-state index is 12.8. The van der Waals surface area contributed by atoms with Gasteiger partial charge in [0.2, 0.25) is 10.0 Å². The number of sulfonamides is 1. The third kappa shape index (κ3) is 5.00. The minimum Gasteiger partial charge on any atom is -0.348 e. The van der Waals surface area contributed by atoms with Gasteiger partial charge in [0.05, 0.1) is 17.6 Å². The van der Waals surface area contributed by atoms with Crippen molar-refractivity contribution < 1.29 is 22.8 Å². The molecule has 8 nitrogen and oxygen atoms in total. The van der Waals surface area contributed by atoms with Gasteiger partial charge in [-0.2, -0.15) is 4.31 Å². The van der Waals surface area contributed by atoms with Crippen LogP contribution in [0.1, 0.15) is 40.0 Å². The SMILES string of the molecule is CCN(CCCCC1COC(C)(C)O1)S(=O)(=O)c1ccccc1[N+](=O)[O-]. The van der Waals surface area contributed by atoms with Gasteiger partial charge in [0, 0.05) is 19.2 Å². The molecule has 0 radical (unpaired) electrons. The van der Waals surface area contributed by atoms with E-state index in [9.17, 15) is 18.5 Å². The first-order chi connectivity index (χ1) is 12.2. The van der Waals surface area contributed by atoms with Crippen molar-refractivity contribution in [2.45, 2.75) is 56.8 Å². The average molecular weight is 386 g/mol. The third-order valence-corrected chi connectivity index (χ3v) is 6.31. The van der Waals surface area contributed by atoms with Crippen LogP contribution >= 0.6 is 0 Å². The van der Waals surface area contributed by atoms with Gasteiger partial charge in [0.1, 0.15) is 0 Å². The molecule has 1 saturated heterocycles. The molecule has 2 rings (SSSR count). The van der Waals surface area contributed by atoms with Crippen LogP contribution in [-0.4, -0.2) is 49.2 Å². The fourth-order valence-electron chi connectivity index (χ4n) is 2.98. The molecular formula is C17H26N2O6S. The summed E-state index contributed by atoms with van der Waals surface area (Å²) in [7, 11) is -3.91. The summed E-state index contributed by atoms with van der Waals surface area (Å²) in [5.41, 5.74) is -0.398. The molecule has 1 aliphatic rings. The summed E-state index contributed by atoms with van der Waals surface area (Å²) in [6.45, 7) is 6.56. The molecule has 146 valence electrons. The predicted molar refractivity (Wildman–Crippen MR) is 96.3 cm³/mol. The maximum Gasteiger partial charge on any atom is 0.289 e. The van der Waals surface area contributed by atoms with Gasteiger partial charge in [-0.25, -0.2) is 8.42 Å². The van der Waals surface area contributed by atoms with E-state index in [1.54, 1.807) is 6.92 Å². The number of nitro benzene ring substituents is 1. The summed E-state index contributed by atoms with van der Waals surface area (Å²) in [6, 6.07) is 5.44. The highest BCUT2D eigenvalue weighted by molar-refractivity contribution is 7.89. The highest BCUT2D eigenvalue weighted by atomic mass is 32.2. The summed E-state index contributed by atoms with van der Waals surface area (Å²) in [5, 5.41) is 11.1. The van der Waals surface area contributed by atoms with Gasteiger partial charge in [-0.3, -0.25) is 10.1 Å². The van der Waals surface area contributed by atoms with Crippen LogP contribution in [0.4, 0.5) is 5.69 Å². The number of unbranched alkanes of at least 4 members (excludes halogenated alkanes) is 1. The van der Waals surface area contributed by atoms with Crippen molar-refractivity contribution in [2.24, 2.45) is 0 Å². The van der Waals surface area contributed by atoms with Crippen LogP contribution in [0.3, 0.4) is 0 Å². The number of rotatable bonds is 9. The molecular weight excluding hydrogens is 360 g/mol. The largest absolute Gasteiger partial charge is 0.348 e. The summed E-state index contributed by atoms with van der Waals surface area (Å²) in [5.74, 6) is -0.560. The molecule has 1 aromatic carbocycles. The summed E-state index contributed by atoms with van der Waals surface area (Å²) >= 11 is 0. The van der Waals surface area contributed by atoms with Crippen LogP contribution < -0.4 is 0 Å². The summed E-state index contributed by atoms with van der Waals surface area (Å²) < 4.78 is 38.1. The van der Waals surface area contributed by atoms with E-state index in [0.717, 1.165) is 12.8 Å². The Morgan fingerprint density at radius 3 is 2.58 bits per heavy atom. The van der Waals surface area contributed by atoms with Crippen molar-refractivity contribution in [1.82, 2.24) is 4.31 Å². The first-order valence-corrected chi connectivity index (χ1v) is 10.2. The number of nitrogens with zero attached hydrogens (tertiary/aromatic N) is 2. The zero-order valence-corrected chi connectivity index (χ0v) is 16.2. The Hall–Kier alpha value is -1.55. The zero-order valence-electron chi connectivity index (χ0n) is 15.4. The minimum absolute atomic E-state index is 0.0203. The van der Waals surface area contributed by atoms with Crippen LogP contribution in [0.2, 0.25) is 0 Å². The first-order valence-electron chi connectivity index (χ1n) is 8.72. The van der Waals surface area contributed by atoms with Crippen LogP contribution in [0.25, 0.3) is 0 Å². The van der Waals surface area contributed by atoms with E-state index in [0.29, 0.717) is 19.6 Å². The quantitative estimate of drug-likeness (QED) is 0.368. The Morgan fingerprint density at radius 1 is 1.31 bits per heavy atom. The van der Waals surface area contributed by atoms with E-state index in [4.69, 9.17) is 9.47 Å². The maximum atomic E-state index is 12.8. The fraction of sp³-hybridized carbons (Fsp3) is 0.647. The molecule has 26 heavy (non-hydrogen) atoms. The van der Waals surface area contributed by atoms with Crippen LogP contribution in [0, 0.1) is 10.1 Å². The monoisotopic (exact) mass is 386 g/mol. The van der Waals surface area contributed by atoms with Crippen molar-refractivity contribution in [2.75, 3.05) is 19.7 Å². The van der Waals surface area contributed by atoms with Crippen molar-refractivity contribution in [1.29, 1.82) is 0 Å². The second-order valence-electron chi connectivity index (χ2n) is 6.67. The van der Waals surface area contributed by atoms with Crippen LogP contribution in [-0.2, 0) is 19.5 Å². The first kappa shape index (κ1) is 20.8. The lowest BCUT2D eigenvalue weighted by Crippen LogP contribution is -2.32. The van der Waals surface area contributed by atoms with Gasteiger partial charge < -0.3 is 9.47 Å². The number of ether oxygens (including phenoxy) is 2. The molecule has 0 amide bonds. The van der Waals surface area contributed by atoms with Gasteiger partial charge in [-0.15, -0.1) is 0 Å². The van der Waals surface area contributed by atoms with E-state index >= 15 is 0 Å². The average Bonchev–Trinajstić information content (AvgIpc) is 2.93. The van der Waals surface area contributed by atoms with Crippen molar-refractivity contribution >= 4 is 15.7 Å². The molecule has 0 spiro atoms. The smallest absolute Gasteiger partial charge is 0.289 e. The Balaban J connectivity index is 1.96. The molecule has 0 bridgehead atoms. The van der Waals surface area contributed by atoms with E-state index in [1.165, 1.54) is 28.6 Å². The molecule has 0 aliphatic carbocycles. The topological polar surface area (TPSA) is 99.0 Å². The summed E-state index contributed by atoms with van der Waals surface area (Å²) in [4.78, 5) is 10.2. The van der Waals surface area contributed by atoms with Gasteiger partial charge >= 0.3 is 0 Å². The molecule has 0 aromatic heterocycles. The number of para-hydroxylation sites is 1. The molecule has 1 aliphatic heterocycles. The standard InChI is InChI=1S/C17H26N2O6S/c1-4-18(12-8-7-9-14-13-24-17(2,3)25-14)26(22,23)16-11-6-5-10-15(16)19(20)21/h5-6,10-11,14H,4,7-9,12-13H2,1-3H3. The van der Waals surface area contributed by atoms with Gasteiger partial charge in [-0.05, 0) is 39.2 Å². The second-order valence-corrected chi connectivity index (χ2v) is 8.57. The number of hydrogen-bond acceptors (Lipinski definition) is 6. The Labute approximate surface area is 154 Å². The highest BCUT2D eigenvalue weighted by Gasteiger charge is 2.33. The van der Waals surface area contributed by atoms with Gasteiger partial charge in [0.15, 0.2) is 10.7 Å². The van der Waals surface area contributed by atoms with Gasteiger partial charge in [-0.1, -0.05) is 19.1 Å². The number of benzene rings is 1. The molecule has 1 heterocycles. The molecule has 0 N–H and O–H groups in total. The lowest BCUT2D eigenvalue weighted by Gasteiger charge is -2.21. The Bertz CT molecular complexity index is 735. The van der Waals surface area contributed by atoms with E-state index in [2.05, 4.69) is 0 Å². The molecule has 9 heteroatoms. The molecule has 1 aromatic rings. The van der Waals surface area contributed by atoms with Crippen LogP contribution in [0.15, 0.2) is 29.2 Å². The fourth-order valence-corrected chi connectivity index (χ4v) is 4.62. The molecule has 1 unspecified atom stereocenters. The van der Waals surface area contributed by atoms with Crippen molar-refractivity contribution in [3.05, 3.63) is 34.4 Å². The lowest BCUT2D eigenvalue weighted by atomic mass is 10.1. The van der Waals surface area contributed by atoms with Crippen molar-refractivity contribution in [3.63, 3.8) is 0 Å². The predicted octanol–water partition coefficient (Wildman–Crippen LogP) is 2.93. The molecule has 1 fully saturated rings. The number of hydrogen-bond donors (Lipinski definition) is 0. The zero-order chi connectivity index (χ0) is 19.4. The van der Waals surface area contributed by atoms with Gasteiger partial charge in [0.25, 0.3) is 5.69 Å². The second kappa shape index (κ2) is 8.43. The van der Waals surface area contributed by atoms with E-state index < -0.39 is 26.4 Å². The van der Waals surface area contributed by atoms with Crippen LogP contribution in [0.5, 0.6) is 0 Å². The lowest BCUT2D eigenvalue weighted by molar-refractivity contribution is -0.387. The molecule has 1 atom stereocenters. The minimum atomic E-state index is -3.91. The highest BCUT2D eigenvalue weighted by Crippen LogP contribution is 2.27. The summed E-state index contributed by atoms with van der Waals surface area (Å²) in [6.07, 6.45) is 2.24. The van der Waals surface area contributed by atoms with Crippen molar-refractivity contribution in [3.8, 4) is 0 Å². The Kier molecular flexibility index (Phi) is 6.73. The number of nitro groups is 1. The van der Waals surface area contributed by atoms with E-state index in [1.807, 2.05) is 13.8 Å². The Morgan fingerprint density at radius 2 is 2.00 bits per heavy atom. The molecule has 0 saturated carbocycles. The normalized spacial score (nSPS) is 19.8. The van der Waals surface area contributed by atoms with E-state index in [-0.39, 0.29) is 17.5 Å².